The number of carbonyl (C=O) groups excluding carboxylic acids is 1. The van der Waals surface area contributed by atoms with Crippen LogP contribution >= 0.6 is 11.3 Å². The first-order valence-electron chi connectivity index (χ1n) is 5.98. The third kappa shape index (κ3) is 3.67. The highest BCUT2D eigenvalue weighted by Gasteiger charge is 2.13. The lowest BCUT2D eigenvalue weighted by molar-refractivity contribution is 0.0955. The minimum Gasteiger partial charge on any atom is -0.375 e. The van der Waals surface area contributed by atoms with Crippen molar-refractivity contribution in [1.82, 2.24) is 15.6 Å². The molecule has 0 saturated carbocycles. The van der Waals surface area contributed by atoms with Crippen molar-refractivity contribution >= 4 is 22.4 Å². The van der Waals surface area contributed by atoms with E-state index in [1.165, 1.54) is 36.8 Å². The Morgan fingerprint density at radius 1 is 1.65 bits per heavy atom. The molecule has 94 valence electrons. The third-order valence-corrected chi connectivity index (χ3v) is 3.76. The van der Waals surface area contributed by atoms with E-state index in [4.69, 9.17) is 5.73 Å². The van der Waals surface area contributed by atoms with Crippen LogP contribution in [0.3, 0.4) is 0 Å². The van der Waals surface area contributed by atoms with Gasteiger partial charge in [0.05, 0.1) is 6.20 Å². The number of nitrogens with zero attached hydrogens (tertiary/aromatic N) is 1. The van der Waals surface area contributed by atoms with Gasteiger partial charge in [0, 0.05) is 12.6 Å². The van der Waals surface area contributed by atoms with Crippen molar-refractivity contribution in [3.05, 3.63) is 11.1 Å². The van der Waals surface area contributed by atoms with Crippen molar-refractivity contribution in [3.8, 4) is 0 Å². The molecule has 0 radical (unpaired) electrons. The number of nitrogen functional groups attached to an aromatic ring is 1. The fourth-order valence-corrected chi connectivity index (χ4v) is 2.61. The Hall–Kier alpha value is -1.14. The largest absolute Gasteiger partial charge is 0.375 e. The van der Waals surface area contributed by atoms with E-state index >= 15 is 0 Å². The van der Waals surface area contributed by atoms with Gasteiger partial charge in [-0.2, -0.15) is 0 Å². The summed E-state index contributed by atoms with van der Waals surface area (Å²) >= 11 is 1.22. The van der Waals surface area contributed by atoms with E-state index in [1.54, 1.807) is 0 Å². The molecule has 2 rings (SSSR count). The molecule has 1 aliphatic rings. The lowest BCUT2D eigenvalue weighted by Crippen LogP contribution is -2.37. The van der Waals surface area contributed by atoms with E-state index in [0.29, 0.717) is 22.6 Å². The number of hydrogen-bond donors (Lipinski definition) is 3. The van der Waals surface area contributed by atoms with Crippen LogP contribution in [0.2, 0.25) is 0 Å². The number of nitrogens with one attached hydrogen (secondary N) is 2. The van der Waals surface area contributed by atoms with Gasteiger partial charge in [-0.3, -0.25) is 4.79 Å². The second kappa shape index (κ2) is 5.97. The van der Waals surface area contributed by atoms with E-state index in [-0.39, 0.29) is 5.91 Å². The molecule has 17 heavy (non-hydrogen) atoms. The van der Waals surface area contributed by atoms with Crippen LogP contribution in [0.4, 0.5) is 5.13 Å². The number of amides is 1. The Balaban J connectivity index is 1.69. The van der Waals surface area contributed by atoms with Gasteiger partial charge in [0.15, 0.2) is 5.13 Å². The van der Waals surface area contributed by atoms with Gasteiger partial charge in [-0.25, -0.2) is 4.98 Å². The van der Waals surface area contributed by atoms with E-state index in [2.05, 4.69) is 15.6 Å². The van der Waals surface area contributed by atoms with Gasteiger partial charge < -0.3 is 16.4 Å². The van der Waals surface area contributed by atoms with E-state index in [9.17, 15) is 4.79 Å². The Kier molecular flexibility index (Phi) is 4.33. The predicted octanol–water partition coefficient (Wildman–Crippen LogP) is 0.987. The van der Waals surface area contributed by atoms with Gasteiger partial charge in [0.2, 0.25) is 0 Å². The van der Waals surface area contributed by atoms with Crippen molar-refractivity contribution in [2.75, 3.05) is 18.8 Å². The third-order valence-electron chi connectivity index (χ3n) is 2.94. The quantitative estimate of drug-likeness (QED) is 0.748. The molecular formula is C11H18N4OS. The van der Waals surface area contributed by atoms with Crippen LogP contribution in [0, 0.1) is 0 Å². The van der Waals surface area contributed by atoms with Crippen molar-refractivity contribution < 1.29 is 4.79 Å². The lowest BCUT2D eigenvalue weighted by Gasteiger charge is -2.23. The predicted molar refractivity (Wildman–Crippen MR) is 69.1 cm³/mol. The standard InChI is InChI=1S/C11H18N4OS/c12-11-15-7-9(17-11)10(16)14-6-4-8-3-1-2-5-13-8/h7-8,13H,1-6H2,(H2,12,15)(H,14,16)/t8-/m1/s1. The summed E-state index contributed by atoms with van der Waals surface area (Å²) in [7, 11) is 0. The molecule has 1 aromatic rings. The van der Waals surface area contributed by atoms with Crippen LogP contribution in [0.5, 0.6) is 0 Å². The van der Waals surface area contributed by atoms with Crippen LogP contribution < -0.4 is 16.4 Å². The van der Waals surface area contributed by atoms with E-state index in [1.807, 2.05) is 0 Å². The highest BCUT2D eigenvalue weighted by atomic mass is 32.1. The summed E-state index contributed by atoms with van der Waals surface area (Å²) in [5.74, 6) is -0.0741. The molecule has 0 spiro atoms. The number of hydrogen-bond acceptors (Lipinski definition) is 5. The van der Waals surface area contributed by atoms with Crippen LogP contribution in [-0.2, 0) is 0 Å². The summed E-state index contributed by atoms with van der Waals surface area (Å²) in [4.78, 5) is 16.1. The molecule has 0 unspecified atom stereocenters. The van der Waals surface area contributed by atoms with Gasteiger partial charge in [0.25, 0.3) is 5.91 Å². The Labute approximate surface area is 105 Å². The maximum absolute atomic E-state index is 11.7. The summed E-state index contributed by atoms with van der Waals surface area (Å²) in [6.07, 6.45) is 6.28. The smallest absolute Gasteiger partial charge is 0.263 e. The van der Waals surface area contributed by atoms with Gasteiger partial charge in [-0.05, 0) is 25.8 Å². The van der Waals surface area contributed by atoms with E-state index in [0.717, 1.165) is 13.0 Å². The number of nitrogens with two attached hydrogens (primary N) is 1. The number of rotatable bonds is 4. The molecule has 1 fully saturated rings. The number of carbonyl (C=O) groups is 1. The topological polar surface area (TPSA) is 80.0 Å². The number of piperidine rings is 1. The molecule has 1 atom stereocenters. The Bertz CT molecular complexity index is 373. The fraction of sp³-hybridized carbons (Fsp3) is 0.636. The molecule has 6 heteroatoms. The highest BCUT2D eigenvalue weighted by Crippen LogP contribution is 2.14. The zero-order valence-electron chi connectivity index (χ0n) is 9.74. The number of aromatic nitrogens is 1. The molecule has 1 aromatic heterocycles. The minimum atomic E-state index is -0.0741. The van der Waals surface area contributed by atoms with Gasteiger partial charge in [-0.15, -0.1) is 0 Å². The van der Waals surface area contributed by atoms with Crippen LogP contribution in [0.1, 0.15) is 35.4 Å². The van der Waals surface area contributed by atoms with Crippen molar-refractivity contribution in [1.29, 1.82) is 0 Å². The minimum absolute atomic E-state index is 0.0741. The second-order valence-corrected chi connectivity index (χ2v) is 5.32. The zero-order valence-corrected chi connectivity index (χ0v) is 10.6. The molecule has 0 bridgehead atoms. The summed E-state index contributed by atoms with van der Waals surface area (Å²) in [5.41, 5.74) is 5.48. The first-order chi connectivity index (χ1) is 8.25. The Morgan fingerprint density at radius 2 is 2.53 bits per heavy atom. The maximum atomic E-state index is 11.7. The maximum Gasteiger partial charge on any atom is 0.263 e. The molecular weight excluding hydrogens is 236 g/mol. The van der Waals surface area contributed by atoms with Crippen molar-refractivity contribution in [3.63, 3.8) is 0 Å². The number of thiazole rings is 1. The monoisotopic (exact) mass is 254 g/mol. The molecule has 0 aromatic carbocycles. The van der Waals surface area contributed by atoms with Gasteiger partial charge in [-0.1, -0.05) is 17.8 Å². The molecule has 4 N–H and O–H groups in total. The SMILES string of the molecule is Nc1ncc(C(=O)NCC[C@H]2CCCCN2)s1. The summed E-state index contributed by atoms with van der Waals surface area (Å²) < 4.78 is 0. The van der Waals surface area contributed by atoms with Crippen LogP contribution in [0.15, 0.2) is 6.20 Å². The molecule has 1 aliphatic heterocycles. The summed E-state index contributed by atoms with van der Waals surface area (Å²) in [6, 6.07) is 0.551. The molecule has 5 nitrogen and oxygen atoms in total. The van der Waals surface area contributed by atoms with Crippen molar-refractivity contribution in [2.45, 2.75) is 31.7 Å². The first-order valence-corrected chi connectivity index (χ1v) is 6.80. The average molecular weight is 254 g/mol. The zero-order chi connectivity index (χ0) is 12.1. The molecule has 1 amide bonds. The Morgan fingerprint density at radius 3 is 3.18 bits per heavy atom. The molecule has 2 heterocycles. The fourth-order valence-electron chi connectivity index (χ4n) is 2.01. The normalized spacial score (nSPS) is 20.1. The number of anilines is 1. The van der Waals surface area contributed by atoms with Gasteiger partial charge >= 0.3 is 0 Å². The van der Waals surface area contributed by atoms with E-state index < -0.39 is 0 Å². The summed E-state index contributed by atoms with van der Waals surface area (Å²) in [6.45, 7) is 1.80. The van der Waals surface area contributed by atoms with Gasteiger partial charge in [0.1, 0.15) is 4.88 Å². The molecule has 1 saturated heterocycles. The van der Waals surface area contributed by atoms with Crippen LogP contribution in [0.25, 0.3) is 0 Å². The first kappa shape index (κ1) is 12.3. The second-order valence-electron chi connectivity index (χ2n) is 4.25. The lowest BCUT2D eigenvalue weighted by atomic mass is 10.0. The van der Waals surface area contributed by atoms with Crippen molar-refractivity contribution in [2.24, 2.45) is 0 Å². The molecule has 0 aliphatic carbocycles. The highest BCUT2D eigenvalue weighted by molar-refractivity contribution is 7.17. The summed E-state index contributed by atoms with van der Waals surface area (Å²) in [5, 5.41) is 6.79. The van der Waals surface area contributed by atoms with Crippen LogP contribution in [-0.4, -0.2) is 30.0 Å². The average Bonchev–Trinajstić information content (AvgIpc) is 2.77.